The highest BCUT2D eigenvalue weighted by atomic mass is 32.2. The van der Waals surface area contributed by atoms with Gasteiger partial charge in [-0.1, -0.05) is 42.1 Å². The second-order valence-corrected chi connectivity index (χ2v) is 5.55. The maximum Gasteiger partial charge on any atom is 0.191 e. The van der Waals surface area contributed by atoms with Gasteiger partial charge in [0, 0.05) is 24.8 Å². The zero-order valence-corrected chi connectivity index (χ0v) is 12.5. The van der Waals surface area contributed by atoms with Crippen molar-refractivity contribution in [1.29, 1.82) is 10.5 Å². The molecule has 0 aliphatic rings. The molecule has 0 radical (unpaired) electrons. The van der Waals surface area contributed by atoms with Crippen LogP contribution in [-0.2, 0) is 7.05 Å². The topological polar surface area (TPSA) is 78.3 Å². The van der Waals surface area contributed by atoms with Gasteiger partial charge in [0.05, 0.1) is 18.1 Å². The van der Waals surface area contributed by atoms with Gasteiger partial charge in [-0.3, -0.25) is 0 Å². The number of nitriles is 2. The lowest BCUT2D eigenvalue weighted by molar-refractivity contribution is 0.682. The third-order valence-electron chi connectivity index (χ3n) is 3.07. The maximum atomic E-state index is 9.07. The van der Waals surface area contributed by atoms with E-state index < -0.39 is 0 Å². The molecule has 1 aromatic carbocycles. The molecule has 0 amide bonds. The summed E-state index contributed by atoms with van der Waals surface area (Å²) in [5.74, 6) is 1.30. The smallest absolute Gasteiger partial charge is 0.191 e. The van der Waals surface area contributed by atoms with Crippen molar-refractivity contribution in [2.45, 2.75) is 18.0 Å². The Morgan fingerprint density at radius 3 is 2.67 bits per heavy atom. The van der Waals surface area contributed by atoms with E-state index in [1.165, 1.54) is 11.8 Å². The van der Waals surface area contributed by atoms with Crippen molar-refractivity contribution in [1.82, 2.24) is 14.8 Å². The van der Waals surface area contributed by atoms with Gasteiger partial charge < -0.3 is 4.57 Å². The summed E-state index contributed by atoms with van der Waals surface area (Å²) in [5.41, 5.74) is 1.01. The summed E-state index contributed by atoms with van der Waals surface area (Å²) in [4.78, 5) is 0. The van der Waals surface area contributed by atoms with Crippen molar-refractivity contribution >= 4 is 11.8 Å². The first kappa shape index (κ1) is 15.1. The minimum absolute atomic E-state index is 0.133. The number of aromatic nitrogens is 3. The van der Waals surface area contributed by atoms with E-state index in [1.807, 2.05) is 41.9 Å². The number of hydrogen-bond acceptors (Lipinski definition) is 5. The van der Waals surface area contributed by atoms with Gasteiger partial charge in [-0.2, -0.15) is 10.5 Å². The van der Waals surface area contributed by atoms with Gasteiger partial charge in [0.15, 0.2) is 11.0 Å². The molecule has 2 aromatic rings. The summed E-state index contributed by atoms with van der Waals surface area (Å²) in [6.45, 7) is 0. The minimum atomic E-state index is -0.133. The highest BCUT2D eigenvalue weighted by Gasteiger charge is 2.14. The monoisotopic (exact) mass is 297 g/mol. The van der Waals surface area contributed by atoms with Gasteiger partial charge in [0.25, 0.3) is 0 Å². The molecular weight excluding hydrogens is 282 g/mol. The first-order valence-electron chi connectivity index (χ1n) is 6.60. The average Bonchev–Trinajstić information content (AvgIpc) is 2.89. The van der Waals surface area contributed by atoms with Crippen LogP contribution in [0.1, 0.15) is 12.8 Å². The molecule has 0 aliphatic carbocycles. The van der Waals surface area contributed by atoms with Crippen molar-refractivity contribution in [3.63, 3.8) is 0 Å². The fourth-order valence-electron chi connectivity index (χ4n) is 1.88. The van der Waals surface area contributed by atoms with E-state index >= 15 is 0 Å². The molecule has 1 heterocycles. The predicted molar refractivity (Wildman–Crippen MR) is 81.1 cm³/mol. The minimum Gasteiger partial charge on any atom is -0.305 e. The highest BCUT2D eigenvalue weighted by molar-refractivity contribution is 7.99. The molecule has 106 valence electrons. The van der Waals surface area contributed by atoms with Gasteiger partial charge in [-0.25, -0.2) is 0 Å². The number of benzene rings is 1. The normalized spacial score (nSPS) is 11.6. The van der Waals surface area contributed by atoms with Crippen LogP contribution in [0.2, 0.25) is 0 Å². The van der Waals surface area contributed by atoms with Crippen molar-refractivity contribution in [2.75, 3.05) is 5.75 Å². The van der Waals surface area contributed by atoms with Gasteiger partial charge in [-0.15, -0.1) is 10.2 Å². The summed E-state index contributed by atoms with van der Waals surface area (Å²) < 4.78 is 1.93. The Morgan fingerprint density at radius 2 is 2.00 bits per heavy atom. The van der Waals surface area contributed by atoms with E-state index in [4.69, 9.17) is 10.5 Å². The second kappa shape index (κ2) is 7.47. The lowest BCUT2D eigenvalue weighted by Gasteiger charge is -2.06. The largest absolute Gasteiger partial charge is 0.305 e. The van der Waals surface area contributed by atoms with Crippen LogP contribution in [0.5, 0.6) is 0 Å². The standard InChI is InChI=1S/C15H15N5S/c1-20-14(13-7-3-2-4-8-13)18-19-15(20)21-11-12(10-17)6-5-9-16/h2-4,7-8,12H,5-6,11H2,1H3/t12-/m0/s1. The number of rotatable bonds is 6. The Morgan fingerprint density at radius 1 is 1.24 bits per heavy atom. The van der Waals surface area contributed by atoms with Gasteiger partial charge in [0.1, 0.15) is 0 Å². The molecule has 1 aromatic heterocycles. The molecule has 1 atom stereocenters. The van der Waals surface area contributed by atoms with Crippen LogP contribution in [0, 0.1) is 28.6 Å². The molecule has 0 bridgehead atoms. The second-order valence-electron chi connectivity index (χ2n) is 4.57. The molecule has 0 saturated heterocycles. The summed E-state index contributed by atoms with van der Waals surface area (Å²) in [6.07, 6.45) is 1.01. The summed E-state index contributed by atoms with van der Waals surface area (Å²) in [5, 5.41) is 26.8. The van der Waals surface area contributed by atoms with Crippen LogP contribution in [0.15, 0.2) is 35.5 Å². The predicted octanol–water partition coefficient (Wildman–Crippen LogP) is 3.02. The average molecular weight is 297 g/mol. The molecule has 2 rings (SSSR count). The zero-order valence-electron chi connectivity index (χ0n) is 11.7. The lowest BCUT2D eigenvalue weighted by atomic mass is 10.1. The number of nitrogens with zero attached hydrogens (tertiary/aromatic N) is 5. The van der Waals surface area contributed by atoms with E-state index in [1.54, 1.807) is 0 Å². The van der Waals surface area contributed by atoms with Gasteiger partial charge >= 0.3 is 0 Å². The van der Waals surface area contributed by atoms with E-state index in [9.17, 15) is 0 Å². The SMILES string of the molecule is Cn1c(SC[C@H](C#N)CCC#N)nnc1-c1ccccc1. The Balaban J connectivity index is 2.05. The molecule has 0 saturated carbocycles. The molecule has 0 fully saturated rings. The fourth-order valence-corrected chi connectivity index (χ4v) is 2.85. The first-order valence-corrected chi connectivity index (χ1v) is 7.59. The Hall–Kier alpha value is -2.31. The first-order chi connectivity index (χ1) is 10.3. The van der Waals surface area contributed by atoms with Crippen molar-refractivity contribution in [2.24, 2.45) is 13.0 Å². The lowest BCUT2D eigenvalue weighted by Crippen LogP contribution is -2.02. The quantitative estimate of drug-likeness (QED) is 0.766. The Bertz CT molecular complexity index is 666. The summed E-state index contributed by atoms with van der Waals surface area (Å²) >= 11 is 1.50. The summed E-state index contributed by atoms with van der Waals surface area (Å²) in [6, 6.07) is 14.2. The van der Waals surface area contributed by atoms with E-state index in [0.717, 1.165) is 16.5 Å². The van der Waals surface area contributed by atoms with Crippen molar-refractivity contribution in [3.05, 3.63) is 30.3 Å². The van der Waals surface area contributed by atoms with Crippen molar-refractivity contribution in [3.8, 4) is 23.5 Å². The number of thioether (sulfide) groups is 1. The van der Waals surface area contributed by atoms with Gasteiger partial charge in [-0.05, 0) is 6.42 Å². The fraction of sp³-hybridized carbons (Fsp3) is 0.333. The van der Waals surface area contributed by atoms with E-state index in [2.05, 4.69) is 22.3 Å². The third kappa shape index (κ3) is 3.84. The third-order valence-corrected chi connectivity index (χ3v) is 4.25. The zero-order chi connectivity index (χ0) is 15.1. The Labute approximate surface area is 128 Å². The van der Waals surface area contributed by atoms with Crippen molar-refractivity contribution < 1.29 is 0 Å². The van der Waals surface area contributed by atoms with E-state index in [-0.39, 0.29) is 5.92 Å². The number of hydrogen-bond donors (Lipinski definition) is 0. The molecule has 0 N–H and O–H groups in total. The van der Waals surface area contributed by atoms with Crippen LogP contribution in [0.3, 0.4) is 0 Å². The van der Waals surface area contributed by atoms with Crippen LogP contribution in [0.4, 0.5) is 0 Å². The van der Waals surface area contributed by atoms with Gasteiger partial charge in [0.2, 0.25) is 0 Å². The Kier molecular flexibility index (Phi) is 5.36. The maximum absolute atomic E-state index is 9.07. The van der Waals surface area contributed by atoms with Crippen LogP contribution in [0.25, 0.3) is 11.4 Å². The molecule has 21 heavy (non-hydrogen) atoms. The molecule has 6 heteroatoms. The van der Waals surface area contributed by atoms with E-state index in [0.29, 0.717) is 18.6 Å². The molecule has 5 nitrogen and oxygen atoms in total. The molecular formula is C15H15N5S. The molecule has 0 spiro atoms. The van der Waals surface area contributed by atoms with Crippen LogP contribution < -0.4 is 0 Å². The summed E-state index contributed by atoms with van der Waals surface area (Å²) in [7, 11) is 1.92. The van der Waals surface area contributed by atoms with Crippen LogP contribution in [-0.4, -0.2) is 20.5 Å². The van der Waals surface area contributed by atoms with Crippen LogP contribution >= 0.6 is 11.8 Å². The molecule has 0 unspecified atom stereocenters. The molecule has 0 aliphatic heterocycles. The highest BCUT2D eigenvalue weighted by Crippen LogP contribution is 2.24.